The number of nitrogens with one attached hydrogen (secondary N) is 3. The number of likely N-dealkylation sites (tertiary alicyclic amines) is 1. The molecule has 176 valence electrons. The zero-order valence-corrected chi connectivity index (χ0v) is 21.1. The van der Waals surface area contributed by atoms with Crippen molar-refractivity contribution in [3.8, 4) is 0 Å². The molecule has 8 nitrogen and oxygen atoms in total. The molecule has 1 aliphatic rings. The van der Waals surface area contributed by atoms with Gasteiger partial charge in [-0.15, -0.1) is 0 Å². The van der Waals surface area contributed by atoms with E-state index in [0.717, 1.165) is 35.6 Å². The third-order valence-corrected chi connectivity index (χ3v) is 6.85. The molecular weight excluding hydrogens is 533 g/mol. The van der Waals surface area contributed by atoms with Crippen LogP contribution in [-0.2, 0) is 9.67 Å². The summed E-state index contributed by atoms with van der Waals surface area (Å²) in [7, 11) is 0. The van der Waals surface area contributed by atoms with Crippen molar-refractivity contribution in [2.24, 2.45) is 0 Å². The molecule has 1 aliphatic heterocycles. The van der Waals surface area contributed by atoms with E-state index >= 15 is 0 Å². The van der Waals surface area contributed by atoms with Gasteiger partial charge in [0.15, 0.2) is 0 Å². The molecule has 0 atom stereocenters. The van der Waals surface area contributed by atoms with E-state index in [1.165, 1.54) is 25.9 Å². The van der Waals surface area contributed by atoms with Gasteiger partial charge in [0.2, 0.25) is 0 Å². The summed E-state index contributed by atoms with van der Waals surface area (Å²) in [5.74, 6) is -0.232. The fourth-order valence-electron chi connectivity index (χ4n) is 4.08. The molecule has 3 aromatic rings. The zero-order chi connectivity index (χ0) is 23.2. The number of rotatable bonds is 9. The minimum atomic E-state index is -0.287. The number of amides is 1. The Labute approximate surface area is 203 Å². The summed E-state index contributed by atoms with van der Waals surface area (Å²) >= 11 is -0.287. The number of H-pyrrole nitrogens is 1. The number of hydrogen-bond donors (Lipinski definition) is 3. The van der Waals surface area contributed by atoms with Crippen molar-refractivity contribution >= 4 is 28.1 Å². The third-order valence-electron chi connectivity index (χ3n) is 5.92. The topological polar surface area (TPSA) is 99.4 Å². The van der Waals surface area contributed by atoms with Gasteiger partial charge in [-0.1, -0.05) is 0 Å². The van der Waals surface area contributed by atoms with E-state index < -0.39 is 0 Å². The Hall–Kier alpha value is -2.50. The number of carbonyl (C=O) groups excluding carboxylic acids is 1. The third kappa shape index (κ3) is 5.90. The summed E-state index contributed by atoms with van der Waals surface area (Å²) in [6.45, 7) is 6.73. The maximum absolute atomic E-state index is 13.0. The molecule has 33 heavy (non-hydrogen) atoms. The minimum absolute atomic E-state index is 0.232. The van der Waals surface area contributed by atoms with Crippen molar-refractivity contribution in [3.05, 3.63) is 63.6 Å². The summed E-state index contributed by atoms with van der Waals surface area (Å²) < 4.78 is 5.73. The van der Waals surface area contributed by atoms with E-state index in [4.69, 9.17) is 3.07 Å². The Kier molecular flexibility index (Phi) is 7.94. The van der Waals surface area contributed by atoms with Gasteiger partial charge < -0.3 is 0 Å². The van der Waals surface area contributed by atoms with Crippen molar-refractivity contribution in [2.45, 2.75) is 26.4 Å². The fraction of sp³-hybridized carbons (Fsp3) is 0.375. The second-order valence-corrected chi connectivity index (χ2v) is 9.66. The van der Waals surface area contributed by atoms with Gasteiger partial charge in [-0.3, -0.25) is 4.79 Å². The van der Waals surface area contributed by atoms with Gasteiger partial charge in [0.1, 0.15) is 0 Å². The zero-order valence-electron chi connectivity index (χ0n) is 18.9. The molecule has 1 amide bonds. The quantitative estimate of drug-likeness (QED) is 0.254. The van der Waals surface area contributed by atoms with Crippen molar-refractivity contribution in [2.75, 3.05) is 41.7 Å². The SMILES string of the molecule is C[I-]OCc1cc(NCCN2CCCC2)c(C)c(NC(=O)c2ccc3c(=O)[nH]ncc3c2)c1. The van der Waals surface area contributed by atoms with E-state index in [9.17, 15) is 9.59 Å². The van der Waals surface area contributed by atoms with Crippen LogP contribution in [0.4, 0.5) is 11.4 Å². The van der Waals surface area contributed by atoms with Gasteiger partial charge in [0.05, 0.1) is 0 Å². The Balaban J connectivity index is 1.54. The molecule has 0 spiro atoms. The molecule has 1 aromatic heterocycles. The second-order valence-electron chi connectivity index (χ2n) is 8.15. The Morgan fingerprint density at radius 2 is 2.00 bits per heavy atom. The van der Waals surface area contributed by atoms with Crippen LogP contribution < -0.4 is 37.8 Å². The van der Waals surface area contributed by atoms with Crippen LogP contribution in [0.3, 0.4) is 0 Å². The summed E-state index contributed by atoms with van der Waals surface area (Å²) in [6.07, 6.45) is 4.11. The molecule has 2 heterocycles. The van der Waals surface area contributed by atoms with E-state index in [-0.39, 0.29) is 33.1 Å². The standard InChI is InChI=1S/C24H29IN5O3/c1-16-21(26-7-10-30-8-3-4-9-30)11-17(15-33-25-2)12-22(16)28-23(31)18-5-6-20-19(13-18)14-27-29-24(20)32/h5-6,11-14,26H,3-4,7-10,15H2,1-2H3,(H,28,31)(H,29,32)/q-1. The number of aromatic nitrogens is 2. The van der Waals surface area contributed by atoms with E-state index in [0.29, 0.717) is 22.9 Å². The van der Waals surface area contributed by atoms with Gasteiger partial charge in [0, 0.05) is 0 Å². The summed E-state index contributed by atoms with van der Waals surface area (Å²) in [5, 5.41) is 14.0. The molecule has 1 saturated heterocycles. The Morgan fingerprint density at radius 3 is 2.79 bits per heavy atom. The predicted octanol–water partition coefficient (Wildman–Crippen LogP) is 0.142. The first kappa shape index (κ1) is 23.7. The van der Waals surface area contributed by atoms with Crippen LogP contribution in [0.25, 0.3) is 10.8 Å². The molecule has 3 N–H and O–H groups in total. The fourth-order valence-corrected chi connectivity index (χ4v) is 4.75. The van der Waals surface area contributed by atoms with Crippen molar-refractivity contribution in [1.29, 1.82) is 0 Å². The van der Waals surface area contributed by atoms with Crippen LogP contribution in [0.15, 0.2) is 41.3 Å². The number of anilines is 2. The van der Waals surface area contributed by atoms with Gasteiger partial charge in [-0.05, 0) is 0 Å². The van der Waals surface area contributed by atoms with Gasteiger partial charge in [-0.2, -0.15) is 0 Å². The summed E-state index contributed by atoms with van der Waals surface area (Å²) in [5.41, 5.74) is 3.97. The summed E-state index contributed by atoms with van der Waals surface area (Å²) in [6, 6.07) is 9.09. The average Bonchev–Trinajstić information content (AvgIpc) is 3.33. The van der Waals surface area contributed by atoms with Crippen LogP contribution in [-0.4, -0.2) is 52.1 Å². The molecule has 4 rings (SSSR count). The van der Waals surface area contributed by atoms with E-state index in [1.807, 2.05) is 13.0 Å². The van der Waals surface area contributed by atoms with E-state index in [2.05, 4.69) is 36.7 Å². The number of fused-ring (bicyclic) bond motifs is 1. The monoisotopic (exact) mass is 562 g/mol. The number of halogens is 1. The molecule has 0 unspecified atom stereocenters. The second kappa shape index (κ2) is 11.1. The van der Waals surface area contributed by atoms with Crippen LogP contribution in [0.5, 0.6) is 0 Å². The molecule has 2 aromatic carbocycles. The van der Waals surface area contributed by atoms with Crippen LogP contribution in [0.1, 0.15) is 34.3 Å². The maximum atomic E-state index is 13.0. The average molecular weight is 562 g/mol. The van der Waals surface area contributed by atoms with Gasteiger partial charge >= 0.3 is 194 Å². The molecule has 9 heteroatoms. The van der Waals surface area contributed by atoms with Crippen LogP contribution in [0, 0.1) is 6.92 Å². The number of alkyl halides is 1. The van der Waals surface area contributed by atoms with Crippen LogP contribution in [0.2, 0.25) is 0 Å². The number of aromatic amines is 1. The molecule has 0 aliphatic carbocycles. The summed E-state index contributed by atoms with van der Waals surface area (Å²) in [4.78, 5) is 29.5. The first-order chi connectivity index (χ1) is 16.0. The van der Waals surface area contributed by atoms with Crippen molar-refractivity contribution in [1.82, 2.24) is 15.1 Å². The number of nitrogens with zero attached hydrogens (tertiary/aromatic N) is 2. The molecule has 0 bridgehead atoms. The molecular formula is C24H29IN5O3-. The normalized spacial score (nSPS) is 14.1. The van der Waals surface area contributed by atoms with E-state index in [1.54, 1.807) is 24.4 Å². The number of benzene rings is 2. The van der Waals surface area contributed by atoms with Gasteiger partial charge in [-0.25, -0.2) is 5.10 Å². The molecule has 0 saturated carbocycles. The first-order valence-electron chi connectivity index (χ1n) is 11.0. The van der Waals surface area contributed by atoms with Crippen LogP contribution >= 0.6 is 0 Å². The Bertz CT molecular complexity index is 1190. The number of hydrogen-bond acceptors (Lipinski definition) is 6. The predicted molar refractivity (Wildman–Crippen MR) is 126 cm³/mol. The number of carbonyl (C=O) groups is 1. The van der Waals surface area contributed by atoms with Crippen molar-refractivity contribution < 1.29 is 29.5 Å². The molecule has 0 radical (unpaired) electrons. The van der Waals surface area contributed by atoms with Crippen molar-refractivity contribution in [3.63, 3.8) is 0 Å². The first-order valence-corrected chi connectivity index (χ1v) is 14.1. The molecule has 1 fully saturated rings. The van der Waals surface area contributed by atoms with Gasteiger partial charge in [0.25, 0.3) is 0 Å². The Morgan fingerprint density at radius 1 is 1.21 bits per heavy atom.